The number of hydrogen-bond donors (Lipinski definition) is 2. The standard InChI is InChI=1S/C12H21N3O2S/c1-9(2)15(4)18(16,17)14-8-11-6-5-7-12(13)10(11)3/h5-7,9,14H,8,13H2,1-4H3. The molecule has 102 valence electrons. The van der Waals surface area contributed by atoms with E-state index in [-0.39, 0.29) is 12.6 Å². The van der Waals surface area contributed by atoms with Crippen molar-refractivity contribution >= 4 is 15.9 Å². The minimum absolute atomic E-state index is 0.0792. The molecule has 0 bridgehead atoms. The van der Waals surface area contributed by atoms with Gasteiger partial charge in [0.1, 0.15) is 0 Å². The van der Waals surface area contributed by atoms with Crippen LogP contribution >= 0.6 is 0 Å². The summed E-state index contributed by atoms with van der Waals surface area (Å²) in [6.45, 7) is 5.78. The lowest BCUT2D eigenvalue weighted by atomic mass is 10.1. The molecule has 0 atom stereocenters. The smallest absolute Gasteiger partial charge is 0.279 e. The van der Waals surface area contributed by atoms with Crippen molar-refractivity contribution in [2.75, 3.05) is 12.8 Å². The molecule has 0 aliphatic carbocycles. The number of nitrogens with zero attached hydrogens (tertiary/aromatic N) is 1. The molecule has 1 rings (SSSR count). The van der Waals surface area contributed by atoms with E-state index in [1.807, 2.05) is 32.9 Å². The average Bonchev–Trinajstić information content (AvgIpc) is 2.30. The summed E-state index contributed by atoms with van der Waals surface area (Å²) >= 11 is 0. The van der Waals surface area contributed by atoms with Crippen molar-refractivity contribution in [2.45, 2.75) is 33.4 Å². The normalized spacial score (nSPS) is 12.3. The Morgan fingerprint density at radius 3 is 2.56 bits per heavy atom. The van der Waals surface area contributed by atoms with Crippen LogP contribution in [0.2, 0.25) is 0 Å². The fourth-order valence-corrected chi connectivity index (χ4v) is 2.54. The Bertz CT molecular complexity index is 512. The summed E-state index contributed by atoms with van der Waals surface area (Å²) in [5.74, 6) is 0. The van der Waals surface area contributed by atoms with Crippen LogP contribution in [0.25, 0.3) is 0 Å². The van der Waals surface area contributed by atoms with E-state index in [0.717, 1.165) is 11.1 Å². The molecule has 0 saturated heterocycles. The Labute approximate surface area is 109 Å². The molecule has 5 nitrogen and oxygen atoms in total. The first-order valence-corrected chi connectivity index (χ1v) is 7.26. The Hall–Kier alpha value is -1.11. The molecule has 0 heterocycles. The van der Waals surface area contributed by atoms with Gasteiger partial charge >= 0.3 is 0 Å². The predicted octanol–water partition coefficient (Wildman–Crippen LogP) is 1.25. The van der Waals surface area contributed by atoms with Crippen molar-refractivity contribution < 1.29 is 8.42 Å². The lowest BCUT2D eigenvalue weighted by Crippen LogP contribution is -2.41. The van der Waals surface area contributed by atoms with Crippen molar-refractivity contribution in [3.8, 4) is 0 Å². The number of benzene rings is 1. The van der Waals surface area contributed by atoms with Gasteiger partial charge in [-0.2, -0.15) is 17.4 Å². The molecule has 18 heavy (non-hydrogen) atoms. The molecular weight excluding hydrogens is 250 g/mol. The van der Waals surface area contributed by atoms with Crippen LogP contribution in [0.4, 0.5) is 5.69 Å². The van der Waals surface area contributed by atoms with Gasteiger partial charge in [0.05, 0.1) is 0 Å². The molecule has 1 aromatic rings. The van der Waals surface area contributed by atoms with Gasteiger partial charge in [0.2, 0.25) is 0 Å². The summed E-state index contributed by atoms with van der Waals surface area (Å²) in [4.78, 5) is 0. The van der Waals surface area contributed by atoms with Crippen molar-refractivity contribution in [1.29, 1.82) is 0 Å². The highest BCUT2D eigenvalue weighted by atomic mass is 32.2. The molecule has 0 unspecified atom stereocenters. The van der Waals surface area contributed by atoms with Crippen molar-refractivity contribution in [3.05, 3.63) is 29.3 Å². The first-order chi connectivity index (χ1) is 8.25. The number of nitrogens with two attached hydrogens (primary N) is 1. The highest BCUT2D eigenvalue weighted by Crippen LogP contribution is 2.15. The van der Waals surface area contributed by atoms with Gasteiger partial charge in [0, 0.05) is 25.3 Å². The van der Waals surface area contributed by atoms with Crippen LogP contribution in [0, 0.1) is 6.92 Å². The third-order valence-electron chi connectivity index (χ3n) is 3.04. The minimum atomic E-state index is -3.44. The number of nitrogen functional groups attached to an aromatic ring is 1. The molecule has 0 aliphatic heterocycles. The molecule has 0 spiro atoms. The maximum Gasteiger partial charge on any atom is 0.279 e. The number of rotatable bonds is 5. The highest BCUT2D eigenvalue weighted by Gasteiger charge is 2.19. The van der Waals surface area contributed by atoms with Crippen LogP contribution in [0.3, 0.4) is 0 Å². The van der Waals surface area contributed by atoms with Crippen molar-refractivity contribution in [2.24, 2.45) is 0 Å². The van der Waals surface area contributed by atoms with E-state index in [0.29, 0.717) is 5.69 Å². The molecule has 0 amide bonds. The van der Waals surface area contributed by atoms with Crippen LogP contribution in [-0.2, 0) is 16.8 Å². The highest BCUT2D eigenvalue weighted by molar-refractivity contribution is 7.87. The van der Waals surface area contributed by atoms with E-state index in [2.05, 4.69) is 4.72 Å². The van der Waals surface area contributed by atoms with Gasteiger partial charge in [-0.25, -0.2) is 0 Å². The average molecular weight is 271 g/mol. The molecule has 1 aromatic carbocycles. The molecule has 0 aromatic heterocycles. The molecule has 6 heteroatoms. The minimum Gasteiger partial charge on any atom is -0.399 e. The summed E-state index contributed by atoms with van der Waals surface area (Å²) < 4.78 is 27.7. The van der Waals surface area contributed by atoms with Crippen LogP contribution in [0.15, 0.2) is 18.2 Å². The second-order valence-corrected chi connectivity index (χ2v) is 6.38. The van der Waals surface area contributed by atoms with E-state index in [4.69, 9.17) is 5.73 Å². The van der Waals surface area contributed by atoms with Gasteiger partial charge in [-0.15, -0.1) is 0 Å². The third kappa shape index (κ3) is 3.44. The van der Waals surface area contributed by atoms with Crippen LogP contribution < -0.4 is 10.5 Å². The molecular formula is C12H21N3O2S. The molecule has 0 saturated carbocycles. The molecule has 3 N–H and O–H groups in total. The first kappa shape index (κ1) is 14.9. The van der Waals surface area contributed by atoms with Crippen LogP contribution in [0.5, 0.6) is 0 Å². The molecule has 0 aliphatic rings. The number of nitrogens with one attached hydrogen (secondary N) is 1. The second-order valence-electron chi connectivity index (χ2n) is 4.57. The van der Waals surface area contributed by atoms with Gasteiger partial charge in [-0.3, -0.25) is 0 Å². The summed E-state index contributed by atoms with van der Waals surface area (Å²) in [6.07, 6.45) is 0. The van der Waals surface area contributed by atoms with Gasteiger partial charge < -0.3 is 5.73 Å². The summed E-state index contributed by atoms with van der Waals surface area (Å²) in [5, 5.41) is 0. The summed E-state index contributed by atoms with van der Waals surface area (Å²) in [6, 6.07) is 5.40. The fraction of sp³-hybridized carbons (Fsp3) is 0.500. The van der Waals surface area contributed by atoms with Gasteiger partial charge in [0.15, 0.2) is 0 Å². The van der Waals surface area contributed by atoms with Gasteiger partial charge in [0.25, 0.3) is 10.2 Å². The van der Waals surface area contributed by atoms with E-state index in [1.54, 1.807) is 13.1 Å². The second kappa shape index (κ2) is 5.69. The largest absolute Gasteiger partial charge is 0.399 e. The SMILES string of the molecule is Cc1c(N)cccc1CNS(=O)(=O)N(C)C(C)C. The zero-order valence-corrected chi connectivity index (χ0v) is 12.1. The fourth-order valence-electron chi connectivity index (χ4n) is 1.44. The molecule has 0 fully saturated rings. The van der Waals surface area contributed by atoms with Crippen LogP contribution in [0.1, 0.15) is 25.0 Å². The Morgan fingerprint density at radius 2 is 2.00 bits per heavy atom. The topological polar surface area (TPSA) is 75.4 Å². The van der Waals surface area contributed by atoms with Gasteiger partial charge in [-0.05, 0) is 38.0 Å². The maximum absolute atomic E-state index is 11.9. The van der Waals surface area contributed by atoms with E-state index < -0.39 is 10.2 Å². The van der Waals surface area contributed by atoms with E-state index in [9.17, 15) is 8.42 Å². The lowest BCUT2D eigenvalue weighted by Gasteiger charge is -2.21. The monoisotopic (exact) mass is 271 g/mol. The number of hydrogen-bond acceptors (Lipinski definition) is 3. The third-order valence-corrected chi connectivity index (χ3v) is 4.73. The maximum atomic E-state index is 11.9. The zero-order chi connectivity index (χ0) is 13.9. The Morgan fingerprint density at radius 1 is 1.39 bits per heavy atom. The predicted molar refractivity (Wildman–Crippen MR) is 74.2 cm³/mol. The zero-order valence-electron chi connectivity index (χ0n) is 11.3. The van der Waals surface area contributed by atoms with Crippen LogP contribution in [-0.4, -0.2) is 25.8 Å². The quantitative estimate of drug-likeness (QED) is 0.791. The Balaban J connectivity index is 2.80. The van der Waals surface area contributed by atoms with E-state index >= 15 is 0 Å². The molecule has 0 radical (unpaired) electrons. The van der Waals surface area contributed by atoms with Crippen molar-refractivity contribution in [3.63, 3.8) is 0 Å². The summed E-state index contributed by atoms with van der Waals surface area (Å²) in [7, 11) is -1.89. The van der Waals surface area contributed by atoms with E-state index in [1.165, 1.54) is 4.31 Å². The first-order valence-electron chi connectivity index (χ1n) is 5.82. The number of anilines is 1. The lowest BCUT2D eigenvalue weighted by molar-refractivity contribution is 0.402. The Kier molecular flexibility index (Phi) is 4.72. The summed E-state index contributed by atoms with van der Waals surface area (Å²) in [5.41, 5.74) is 8.25. The van der Waals surface area contributed by atoms with Crippen molar-refractivity contribution in [1.82, 2.24) is 9.03 Å². The van der Waals surface area contributed by atoms with Gasteiger partial charge in [-0.1, -0.05) is 12.1 Å².